The molecule has 0 radical (unpaired) electrons. The summed E-state index contributed by atoms with van der Waals surface area (Å²) in [6.07, 6.45) is 1.59. The summed E-state index contributed by atoms with van der Waals surface area (Å²) in [5, 5.41) is 0. The summed E-state index contributed by atoms with van der Waals surface area (Å²) in [4.78, 5) is 28.9. The topological polar surface area (TPSA) is 84.0 Å². The Kier molecular flexibility index (Phi) is 6.92. The lowest BCUT2D eigenvalue weighted by molar-refractivity contribution is -0.145. The van der Waals surface area contributed by atoms with Crippen molar-refractivity contribution in [3.05, 3.63) is 70.1 Å². The van der Waals surface area contributed by atoms with E-state index in [9.17, 15) is 9.59 Å². The number of methoxy groups -OCH3 is 1. The maximum Gasteiger partial charge on any atom is 0.344 e. The van der Waals surface area contributed by atoms with Crippen LogP contribution in [-0.4, -0.2) is 41.9 Å². The van der Waals surface area contributed by atoms with Crippen LogP contribution in [0, 0.1) is 6.92 Å². The lowest BCUT2D eigenvalue weighted by Gasteiger charge is -2.10. The second-order valence-corrected chi connectivity index (χ2v) is 6.67. The maximum atomic E-state index is 13.0. The number of rotatable bonds is 8. The summed E-state index contributed by atoms with van der Waals surface area (Å²) in [6, 6.07) is 14.6. The van der Waals surface area contributed by atoms with Gasteiger partial charge >= 0.3 is 5.97 Å². The number of ether oxygens (including phenoxy) is 3. The van der Waals surface area contributed by atoms with Crippen molar-refractivity contribution in [1.82, 2.24) is 9.36 Å². The van der Waals surface area contributed by atoms with E-state index in [1.54, 1.807) is 40.7 Å². The fraction of sp³-hybridized carbons (Fsp3) is 0.261. The highest BCUT2D eigenvalue weighted by Crippen LogP contribution is 2.28. The third kappa shape index (κ3) is 4.85. The lowest BCUT2D eigenvalue weighted by Crippen LogP contribution is -2.19. The molecule has 0 aliphatic rings. The van der Waals surface area contributed by atoms with E-state index in [2.05, 4.69) is 4.99 Å². The molecule has 3 aromatic rings. The number of hydrogen-bond donors (Lipinski definition) is 0. The molecule has 0 N–H and O–H groups in total. The van der Waals surface area contributed by atoms with Gasteiger partial charge in [0.25, 0.3) is 5.56 Å². The number of aliphatic imine (C=N–C) groups is 1. The van der Waals surface area contributed by atoms with Gasteiger partial charge in [-0.25, -0.2) is 14.5 Å². The van der Waals surface area contributed by atoms with Crippen molar-refractivity contribution in [1.29, 1.82) is 0 Å². The van der Waals surface area contributed by atoms with E-state index in [1.165, 1.54) is 7.11 Å². The van der Waals surface area contributed by atoms with E-state index in [0.717, 1.165) is 11.4 Å². The number of carbonyl (C=O) groups excluding carboxylic acids is 1. The Bertz CT molecular complexity index is 1150. The van der Waals surface area contributed by atoms with E-state index in [0.29, 0.717) is 29.4 Å². The van der Waals surface area contributed by atoms with Crippen LogP contribution in [0.3, 0.4) is 0 Å². The molecule has 8 nitrogen and oxygen atoms in total. The van der Waals surface area contributed by atoms with Crippen molar-refractivity contribution in [2.75, 3.05) is 20.3 Å². The van der Waals surface area contributed by atoms with E-state index in [-0.39, 0.29) is 12.2 Å². The highest BCUT2D eigenvalue weighted by molar-refractivity contribution is 5.83. The van der Waals surface area contributed by atoms with E-state index >= 15 is 0 Å². The number of para-hydroxylation sites is 1. The monoisotopic (exact) mass is 423 g/mol. The molecule has 3 rings (SSSR count). The summed E-state index contributed by atoms with van der Waals surface area (Å²) in [5.41, 5.74) is 2.38. The van der Waals surface area contributed by atoms with Crippen molar-refractivity contribution < 1.29 is 19.0 Å². The van der Waals surface area contributed by atoms with Crippen molar-refractivity contribution in [3.8, 4) is 17.2 Å². The second kappa shape index (κ2) is 9.80. The first-order chi connectivity index (χ1) is 15.0. The van der Waals surface area contributed by atoms with Gasteiger partial charge < -0.3 is 14.2 Å². The van der Waals surface area contributed by atoms with Gasteiger partial charge in [0.15, 0.2) is 23.8 Å². The number of hydrogen-bond acceptors (Lipinski definition) is 6. The van der Waals surface area contributed by atoms with Gasteiger partial charge in [0, 0.05) is 13.3 Å². The van der Waals surface area contributed by atoms with Crippen molar-refractivity contribution in [3.63, 3.8) is 0 Å². The second-order valence-electron chi connectivity index (χ2n) is 6.67. The molecule has 0 bridgehead atoms. The van der Waals surface area contributed by atoms with Crippen LogP contribution in [0.4, 0.5) is 5.69 Å². The molecule has 0 aliphatic heterocycles. The molecule has 0 spiro atoms. The quantitative estimate of drug-likeness (QED) is 0.410. The lowest BCUT2D eigenvalue weighted by atomic mass is 10.2. The minimum Gasteiger partial charge on any atom is -0.493 e. The molecular weight excluding hydrogens is 398 g/mol. The Hall–Kier alpha value is -3.81. The minimum atomic E-state index is -0.454. The van der Waals surface area contributed by atoms with Gasteiger partial charge in [0.05, 0.1) is 25.1 Å². The molecular formula is C23H25N3O5. The van der Waals surface area contributed by atoms with Crippen LogP contribution < -0.4 is 15.0 Å². The summed E-state index contributed by atoms with van der Waals surface area (Å²) in [6.45, 7) is 3.66. The van der Waals surface area contributed by atoms with Crippen molar-refractivity contribution >= 4 is 17.9 Å². The van der Waals surface area contributed by atoms with Gasteiger partial charge in [0.1, 0.15) is 0 Å². The normalized spacial score (nSPS) is 11.0. The van der Waals surface area contributed by atoms with E-state index in [1.807, 2.05) is 44.3 Å². The summed E-state index contributed by atoms with van der Waals surface area (Å²) < 4.78 is 19.0. The molecule has 0 aliphatic carbocycles. The van der Waals surface area contributed by atoms with Crippen molar-refractivity contribution in [2.45, 2.75) is 13.8 Å². The standard InChI is InChI=1S/C23H25N3O5/c1-5-30-21(27)15-31-19-12-11-17(13-20(19)29-4)14-24-22-16(2)25(3)26(23(22)28)18-9-7-6-8-10-18/h6-14H,5,15H2,1-4H3. The minimum absolute atomic E-state index is 0.205. The molecule has 0 fully saturated rings. The largest absolute Gasteiger partial charge is 0.493 e. The molecule has 0 atom stereocenters. The molecule has 0 amide bonds. The summed E-state index contributed by atoms with van der Waals surface area (Å²) >= 11 is 0. The maximum absolute atomic E-state index is 13.0. The number of aromatic nitrogens is 2. The molecule has 1 heterocycles. The van der Waals surface area contributed by atoms with Crippen LogP contribution in [0.25, 0.3) is 5.69 Å². The predicted octanol–water partition coefficient (Wildman–Crippen LogP) is 3.19. The zero-order valence-corrected chi connectivity index (χ0v) is 18.0. The zero-order valence-electron chi connectivity index (χ0n) is 18.0. The molecule has 2 aromatic carbocycles. The molecule has 0 saturated carbocycles. The van der Waals surface area contributed by atoms with Gasteiger partial charge in [-0.15, -0.1) is 0 Å². The Morgan fingerprint density at radius 2 is 1.87 bits per heavy atom. The molecule has 0 saturated heterocycles. The van der Waals surface area contributed by atoms with Crippen LogP contribution in [0.2, 0.25) is 0 Å². The van der Waals surface area contributed by atoms with Crippen LogP contribution >= 0.6 is 0 Å². The van der Waals surface area contributed by atoms with Gasteiger partial charge in [0.2, 0.25) is 0 Å². The Balaban J connectivity index is 1.85. The van der Waals surface area contributed by atoms with Crippen LogP contribution in [0.15, 0.2) is 58.3 Å². The Labute approximate surface area is 180 Å². The first kappa shape index (κ1) is 21.9. The molecule has 1 aromatic heterocycles. The molecule has 0 unspecified atom stereocenters. The van der Waals surface area contributed by atoms with E-state index < -0.39 is 5.97 Å². The SMILES string of the molecule is CCOC(=O)COc1ccc(C=Nc2c(C)n(C)n(-c3ccccc3)c2=O)cc1OC. The first-order valence-electron chi connectivity index (χ1n) is 9.80. The highest BCUT2D eigenvalue weighted by atomic mass is 16.6. The molecule has 8 heteroatoms. The van der Waals surface area contributed by atoms with Crippen molar-refractivity contribution in [2.24, 2.45) is 12.0 Å². The summed E-state index contributed by atoms with van der Waals surface area (Å²) in [7, 11) is 3.33. The fourth-order valence-corrected chi connectivity index (χ4v) is 3.06. The van der Waals surface area contributed by atoms with Crippen LogP contribution in [0.1, 0.15) is 18.2 Å². The Morgan fingerprint density at radius 3 is 2.55 bits per heavy atom. The van der Waals surface area contributed by atoms with E-state index in [4.69, 9.17) is 14.2 Å². The predicted molar refractivity (Wildman–Crippen MR) is 118 cm³/mol. The smallest absolute Gasteiger partial charge is 0.344 e. The van der Waals surface area contributed by atoms with Gasteiger partial charge in [-0.1, -0.05) is 18.2 Å². The third-order valence-electron chi connectivity index (χ3n) is 4.71. The number of nitrogens with zero attached hydrogens (tertiary/aromatic N) is 3. The number of esters is 1. The average molecular weight is 423 g/mol. The van der Waals surface area contributed by atoms with Gasteiger partial charge in [-0.2, -0.15) is 0 Å². The third-order valence-corrected chi connectivity index (χ3v) is 4.71. The molecule has 162 valence electrons. The van der Waals surface area contributed by atoms with Crippen LogP contribution in [-0.2, 0) is 16.6 Å². The first-order valence-corrected chi connectivity index (χ1v) is 9.80. The zero-order chi connectivity index (χ0) is 22.4. The molecule has 31 heavy (non-hydrogen) atoms. The van der Waals surface area contributed by atoms with Gasteiger partial charge in [-0.3, -0.25) is 9.48 Å². The van der Waals surface area contributed by atoms with Crippen LogP contribution in [0.5, 0.6) is 11.5 Å². The average Bonchev–Trinajstić information content (AvgIpc) is 2.99. The highest BCUT2D eigenvalue weighted by Gasteiger charge is 2.15. The fourth-order valence-electron chi connectivity index (χ4n) is 3.06. The number of carbonyl (C=O) groups is 1. The summed E-state index contributed by atoms with van der Waals surface area (Å²) in [5.74, 6) is 0.402. The van der Waals surface area contributed by atoms with Gasteiger partial charge in [-0.05, 0) is 49.7 Å². The number of benzene rings is 2. The Morgan fingerprint density at radius 1 is 1.13 bits per heavy atom.